The van der Waals surface area contributed by atoms with Crippen molar-refractivity contribution < 1.29 is 19.7 Å². The summed E-state index contributed by atoms with van der Waals surface area (Å²) in [4.78, 5) is 10.5. The second-order valence-electron chi connectivity index (χ2n) is 4.58. The standard InChI is InChI=1S/C13H18O4/c1-9-5-4-6-10(2)12(9)17-8-13(3,16)7-11(14)15/h4-6,16H,7-8H2,1-3H3,(H,14,15). The number of rotatable bonds is 5. The van der Waals surface area contributed by atoms with Crippen molar-refractivity contribution in [3.05, 3.63) is 29.3 Å². The molecule has 1 atom stereocenters. The van der Waals surface area contributed by atoms with Gasteiger partial charge in [-0.1, -0.05) is 18.2 Å². The van der Waals surface area contributed by atoms with E-state index in [0.717, 1.165) is 11.1 Å². The van der Waals surface area contributed by atoms with Crippen LogP contribution in [0.2, 0.25) is 0 Å². The zero-order chi connectivity index (χ0) is 13.1. The van der Waals surface area contributed by atoms with Gasteiger partial charge < -0.3 is 14.9 Å². The molecule has 0 bridgehead atoms. The molecule has 0 saturated heterocycles. The molecule has 1 aromatic rings. The van der Waals surface area contributed by atoms with E-state index >= 15 is 0 Å². The summed E-state index contributed by atoms with van der Waals surface area (Å²) in [6, 6.07) is 5.75. The van der Waals surface area contributed by atoms with Gasteiger partial charge in [0, 0.05) is 0 Å². The number of ether oxygens (including phenoxy) is 1. The van der Waals surface area contributed by atoms with Crippen LogP contribution in [0.3, 0.4) is 0 Å². The fourth-order valence-corrected chi connectivity index (χ4v) is 1.63. The molecule has 1 aromatic carbocycles. The van der Waals surface area contributed by atoms with E-state index in [1.807, 2.05) is 32.0 Å². The van der Waals surface area contributed by atoms with Crippen molar-refractivity contribution >= 4 is 5.97 Å². The van der Waals surface area contributed by atoms with Gasteiger partial charge in [-0.05, 0) is 31.9 Å². The van der Waals surface area contributed by atoms with Crippen molar-refractivity contribution in [2.45, 2.75) is 32.8 Å². The molecule has 1 rings (SSSR count). The average Bonchev–Trinajstić information content (AvgIpc) is 2.14. The molecule has 2 N–H and O–H groups in total. The predicted octanol–water partition coefficient (Wildman–Crippen LogP) is 1.91. The topological polar surface area (TPSA) is 66.8 Å². The maximum absolute atomic E-state index is 10.5. The molecule has 0 aliphatic rings. The van der Waals surface area contributed by atoms with Crippen LogP contribution in [0.15, 0.2) is 18.2 Å². The molecular weight excluding hydrogens is 220 g/mol. The summed E-state index contributed by atoms with van der Waals surface area (Å²) in [6.07, 6.45) is -0.335. The molecule has 0 heterocycles. The van der Waals surface area contributed by atoms with E-state index in [9.17, 15) is 9.90 Å². The molecule has 0 fully saturated rings. The fraction of sp³-hybridized carbons (Fsp3) is 0.462. The van der Waals surface area contributed by atoms with Crippen molar-refractivity contribution in [2.75, 3.05) is 6.61 Å². The van der Waals surface area contributed by atoms with E-state index in [4.69, 9.17) is 9.84 Å². The number of aliphatic hydroxyl groups is 1. The predicted molar refractivity (Wildman–Crippen MR) is 64.3 cm³/mol. The Hall–Kier alpha value is -1.55. The summed E-state index contributed by atoms with van der Waals surface area (Å²) in [5.41, 5.74) is 0.577. The van der Waals surface area contributed by atoms with Gasteiger partial charge in [-0.15, -0.1) is 0 Å². The Balaban J connectivity index is 2.70. The zero-order valence-corrected chi connectivity index (χ0v) is 10.4. The number of benzene rings is 1. The molecule has 0 radical (unpaired) electrons. The molecule has 4 heteroatoms. The third-order valence-electron chi connectivity index (χ3n) is 2.47. The lowest BCUT2D eigenvalue weighted by atomic mass is 10.0. The molecule has 0 spiro atoms. The Bertz CT molecular complexity index is 390. The van der Waals surface area contributed by atoms with Crippen LogP contribution < -0.4 is 4.74 Å². The van der Waals surface area contributed by atoms with Gasteiger partial charge in [-0.25, -0.2) is 0 Å². The monoisotopic (exact) mass is 238 g/mol. The highest BCUT2D eigenvalue weighted by atomic mass is 16.5. The van der Waals surface area contributed by atoms with Gasteiger partial charge >= 0.3 is 5.97 Å². The minimum absolute atomic E-state index is 0.0367. The number of aryl methyl sites for hydroxylation is 2. The number of hydrogen-bond donors (Lipinski definition) is 2. The van der Waals surface area contributed by atoms with Crippen molar-refractivity contribution in [1.82, 2.24) is 0 Å². The van der Waals surface area contributed by atoms with Crippen LogP contribution in [0.4, 0.5) is 0 Å². The van der Waals surface area contributed by atoms with Crippen molar-refractivity contribution in [3.8, 4) is 5.75 Å². The number of carboxylic acids is 1. The van der Waals surface area contributed by atoms with Gasteiger partial charge in [0.05, 0.1) is 6.42 Å². The Labute approximate surface area is 101 Å². The van der Waals surface area contributed by atoms with Gasteiger partial charge in [0.2, 0.25) is 0 Å². The van der Waals surface area contributed by atoms with Gasteiger partial charge in [0.25, 0.3) is 0 Å². The number of aliphatic carboxylic acids is 1. The Morgan fingerprint density at radius 1 is 1.35 bits per heavy atom. The first-order chi connectivity index (χ1) is 7.82. The molecule has 0 aliphatic carbocycles. The molecule has 4 nitrogen and oxygen atoms in total. The third kappa shape index (κ3) is 4.07. The molecule has 17 heavy (non-hydrogen) atoms. The van der Waals surface area contributed by atoms with Crippen LogP contribution in [0.25, 0.3) is 0 Å². The lowest BCUT2D eigenvalue weighted by molar-refractivity contribution is -0.143. The molecule has 0 amide bonds. The SMILES string of the molecule is Cc1cccc(C)c1OCC(C)(O)CC(=O)O. The summed E-state index contributed by atoms with van der Waals surface area (Å²) in [5.74, 6) is -0.335. The second-order valence-corrected chi connectivity index (χ2v) is 4.58. The summed E-state index contributed by atoms with van der Waals surface area (Å²) in [7, 11) is 0. The highest BCUT2D eigenvalue weighted by Gasteiger charge is 2.25. The third-order valence-corrected chi connectivity index (χ3v) is 2.47. The van der Waals surface area contributed by atoms with Gasteiger partial charge in [0.15, 0.2) is 0 Å². The second kappa shape index (κ2) is 5.19. The lowest BCUT2D eigenvalue weighted by Crippen LogP contribution is -2.35. The minimum atomic E-state index is -1.36. The van der Waals surface area contributed by atoms with Crippen LogP contribution in [0.1, 0.15) is 24.5 Å². The first kappa shape index (κ1) is 13.5. The van der Waals surface area contributed by atoms with E-state index in [-0.39, 0.29) is 13.0 Å². The zero-order valence-electron chi connectivity index (χ0n) is 10.4. The molecule has 0 saturated carbocycles. The Kier molecular flexibility index (Phi) is 4.12. The molecule has 0 aliphatic heterocycles. The van der Waals surface area contributed by atoms with Crippen molar-refractivity contribution in [3.63, 3.8) is 0 Å². The first-order valence-electron chi connectivity index (χ1n) is 5.45. The maximum Gasteiger partial charge on any atom is 0.306 e. The van der Waals surface area contributed by atoms with Crippen LogP contribution in [-0.2, 0) is 4.79 Å². The van der Waals surface area contributed by atoms with Gasteiger partial charge in [-0.3, -0.25) is 4.79 Å². The van der Waals surface area contributed by atoms with Crippen LogP contribution in [-0.4, -0.2) is 28.4 Å². The number of carboxylic acid groups (broad SMARTS) is 1. The van der Waals surface area contributed by atoms with E-state index in [1.165, 1.54) is 6.92 Å². The highest BCUT2D eigenvalue weighted by molar-refractivity contribution is 5.68. The van der Waals surface area contributed by atoms with E-state index < -0.39 is 11.6 Å². The van der Waals surface area contributed by atoms with Crippen LogP contribution in [0.5, 0.6) is 5.75 Å². The number of carbonyl (C=O) groups is 1. The summed E-state index contributed by atoms with van der Waals surface area (Å²) >= 11 is 0. The van der Waals surface area contributed by atoms with Gasteiger partial charge in [-0.2, -0.15) is 0 Å². The fourth-order valence-electron chi connectivity index (χ4n) is 1.63. The van der Waals surface area contributed by atoms with Crippen molar-refractivity contribution in [2.24, 2.45) is 0 Å². The first-order valence-corrected chi connectivity index (χ1v) is 5.45. The summed E-state index contributed by atoms with van der Waals surface area (Å²) < 4.78 is 5.52. The Morgan fingerprint density at radius 2 is 1.88 bits per heavy atom. The highest BCUT2D eigenvalue weighted by Crippen LogP contribution is 2.24. The molecule has 0 aromatic heterocycles. The average molecular weight is 238 g/mol. The quantitative estimate of drug-likeness (QED) is 0.822. The largest absolute Gasteiger partial charge is 0.490 e. The van der Waals surface area contributed by atoms with Crippen LogP contribution in [0, 0.1) is 13.8 Å². The molecular formula is C13H18O4. The van der Waals surface area contributed by atoms with Crippen LogP contribution >= 0.6 is 0 Å². The number of hydrogen-bond acceptors (Lipinski definition) is 3. The van der Waals surface area contributed by atoms with E-state index in [0.29, 0.717) is 5.75 Å². The molecule has 94 valence electrons. The smallest absolute Gasteiger partial charge is 0.306 e. The normalized spacial score (nSPS) is 14.1. The summed E-state index contributed by atoms with van der Waals surface area (Å²) in [5, 5.41) is 18.5. The van der Waals surface area contributed by atoms with Crippen molar-refractivity contribution in [1.29, 1.82) is 0 Å². The van der Waals surface area contributed by atoms with Gasteiger partial charge in [0.1, 0.15) is 18.0 Å². The van der Waals surface area contributed by atoms with E-state index in [1.54, 1.807) is 0 Å². The summed E-state index contributed by atoms with van der Waals surface area (Å²) in [6.45, 7) is 5.24. The van der Waals surface area contributed by atoms with E-state index in [2.05, 4.69) is 0 Å². The minimum Gasteiger partial charge on any atom is -0.490 e. The maximum atomic E-state index is 10.5. The lowest BCUT2D eigenvalue weighted by Gasteiger charge is -2.22. The number of para-hydroxylation sites is 1. The molecule has 1 unspecified atom stereocenters. The Morgan fingerprint density at radius 3 is 2.35 bits per heavy atom.